The molecule has 0 saturated heterocycles. The Morgan fingerprint density at radius 1 is 1.03 bits per heavy atom. The molecule has 1 aromatic heterocycles. The van der Waals surface area contributed by atoms with E-state index in [1.54, 1.807) is 0 Å². The molecule has 0 spiro atoms. The van der Waals surface area contributed by atoms with Crippen molar-refractivity contribution in [3.63, 3.8) is 0 Å². The Labute approximate surface area is 189 Å². The molecule has 0 atom stereocenters. The zero-order chi connectivity index (χ0) is 22.6. The van der Waals surface area contributed by atoms with Crippen LogP contribution in [0.25, 0.3) is 23.1 Å². The van der Waals surface area contributed by atoms with E-state index in [9.17, 15) is 8.42 Å². The number of benzene rings is 2. The summed E-state index contributed by atoms with van der Waals surface area (Å²) in [6.07, 6.45) is 12.9. The van der Waals surface area contributed by atoms with Crippen LogP contribution in [-0.4, -0.2) is 25.3 Å². The molecule has 0 fully saturated rings. The van der Waals surface area contributed by atoms with E-state index in [1.807, 2.05) is 35.0 Å². The van der Waals surface area contributed by atoms with Crippen molar-refractivity contribution < 1.29 is 17.5 Å². The number of likely N-dealkylation sites (N-methyl/N-ethyl adjacent to an activating group) is 1. The zero-order valence-corrected chi connectivity index (χ0v) is 18.9. The molecule has 0 radical (unpaired) electrons. The number of nitrogens with zero attached hydrogens (tertiary/aromatic N) is 2. The molecule has 0 bridgehead atoms. The normalized spacial score (nSPS) is 15.1. The summed E-state index contributed by atoms with van der Waals surface area (Å²) in [6, 6.07) is 18.5. The largest absolute Gasteiger partial charge is 0.341 e. The van der Waals surface area contributed by atoms with E-state index in [4.69, 9.17) is 4.55 Å². The third-order valence-electron chi connectivity index (χ3n) is 5.59. The van der Waals surface area contributed by atoms with Crippen LogP contribution in [0.2, 0.25) is 0 Å². The highest BCUT2D eigenvalue weighted by atomic mass is 32.2. The summed E-state index contributed by atoms with van der Waals surface area (Å²) in [6.45, 7) is 3.56. The lowest BCUT2D eigenvalue weighted by Gasteiger charge is -2.29. The highest BCUT2D eigenvalue weighted by molar-refractivity contribution is 7.85. The minimum Gasteiger partial charge on any atom is -0.341 e. The molecule has 2 aromatic carbocycles. The predicted octanol–water partition coefficient (Wildman–Crippen LogP) is 4.86. The first-order chi connectivity index (χ1) is 15.5. The highest BCUT2D eigenvalue weighted by Gasteiger charge is 2.15. The van der Waals surface area contributed by atoms with Crippen LogP contribution >= 0.6 is 0 Å². The first-order valence-electron chi connectivity index (χ1n) is 10.8. The molecule has 0 unspecified atom stereocenters. The van der Waals surface area contributed by atoms with Crippen molar-refractivity contribution in [1.29, 1.82) is 0 Å². The Bertz CT molecular complexity index is 1320. The van der Waals surface area contributed by atoms with Gasteiger partial charge in [0.25, 0.3) is 10.1 Å². The van der Waals surface area contributed by atoms with Gasteiger partial charge in [0.1, 0.15) is 6.54 Å². The molecule has 1 N–H and O–H groups in total. The number of allylic oxidation sites excluding steroid dienone is 3. The molecule has 4 rings (SSSR count). The third kappa shape index (κ3) is 4.98. The Hall–Kier alpha value is -3.22. The summed E-state index contributed by atoms with van der Waals surface area (Å²) in [5.41, 5.74) is 5.70. The molecular formula is C26H27N2O3S+. The van der Waals surface area contributed by atoms with Crippen LogP contribution in [-0.2, 0) is 16.7 Å². The van der Waals surface area contributed by atoms with Gasteiger partial charge in [0.05, 0.1) is 11.1 Å². The molecule has 3 aromatic rings. The maximum atomic E-state index is 11.0. The van der Waals surface area contributed by atoms with Crippen molar-refractivity contribution in [2.75, 3.05) is 17.2 Å². The average molecular weight is 448 g/mol. The second kappa shape index (κ2) is 9.51. The van der Waals surface area contributed by atoms with E-state index < -0.39 is 10.1 Å². The van der Waals surface area contributed by atoms with E-state index in [2.05, 4.69) is 72.5 Å². The van der Waals surface area contributed by atoms with Crippen LogP contribution in [0, 0.1) is 0 Å². The van der Waals surface area contributed by atoms with Crippen molar-refractivity contribution >= 4 is 38.9 Å². The Kier molecular flexibility index (Phi) is 6.53. The SMILES string of the molecule is CCN1/C(=C/C=C/c2cc[n+](CCCS(=O)(=O)O)c3ccccc23)C=Cc2ccccc21. The molecule has 164 valence electrons. The topological polar surface area (TPSA) is 61.5 Å². The van der Waals surface area contributed by atoms with Gasteiger partial charge in [0, 0.05) is 36.5 Å². The van der Waals surface area contributed by atoms with Gasteiger partial charge in [-0.05, 0) is 42.3 Å². The summed E-state index contributed by atoms with van der Waals surface area (Å²) < 4.78 is 33.1. The second-order valence-electron chi connectivity index (χ2n) is 7.71. The van der Waals surface area contributed by atoms with Crippen LogP contribution in [0.15, 0.2) is 84.7 Å². The molecule has 1 aliphatic heterocycles. The summed E-state index contributed by atoms with van der Waals surface area (Å²) in [5, 5.41) is 1.09. The van der Waals surface area contributed by atoms with E-state index in [0.717, 1.165) is 28.7 Å². The van der Waals surface area contributed by atoms with Crippen LogP contribution in [0.3, 0.4) is 0 Å². The van der Waals surface area contributed by atoms with Gasteiger partial charge in [-0.1, -0.05) is 48.6 Å². The third-order valence-corrected chi connectivity index (χ3v) is 6.40. The van der Waals surface area contributed by atoms with Gasteiger partial charge in [0.15, 0.2) is 6.20 Å². The number of pyridine rings is 1. The number of aryl methyl sites for hydroxylation is 1. The standard InChI is InChI=1S/C26H26N2O3S/c1-2-28-23(16-15-22-9-3-5-13-25(22)28)11-7-10-21-17-19-27(18-8-20-32(29,30)31)26-14-6-4-12-24(21)26/h3-7,9-17,19H,2,8,18,20H2,1H3/p+1. The molecule has 0 aliphatic carbocycles. The van der Waals surface area contributed by atoms with Gasteiger partial charge < -0.3 is 4.90 Å². The summed E-state index contributed by atoms with van der Waals surface area (Å²) in [7, 11) is -3.94. The number of para-hydroxylation sites is 2. The van der Waals surface area contributed by atoms with Crippen LogP contribution in [0.5, 0.6) is 0 Å². The zero-order valence-electron chi connectivity index (χ0n) is 18.1. The van der Waals surface area contributed by atoms with Gasteiger partial charge in [-0.2, -0.15) is 13.0 Å². The fraction of sp³-hybridized carbons (Fsp3) is 0.192. The quantitative estimate of drug-likeness (QED) is 0.415. The minimum atomic E-state index is -3.94. The van der Waals surface area contributed by atoms with Gasteiger partial charge in [-0.25, -0.2) is 0 Å². The second-order valence-corrected chi connectivity index (χ2v) is 9.28. The number of fused-ring (bicyclic) bond motifs is 2. The number of hydrogen-bond donors (Lipinski definition) is 1. The summed E-state index contributed by atoms with van der Waals surface area (Å²) in [5.74, 6) is -0.242. The number of anilines is 1. The predicted molar refractivity (Wildman–Crippen MR) is 131 cm³/mol. The van der Waals surface area contributed by atoms with Crippen molar-refractivity contribution in [1.82, 2.24) is 0 Å². The minimum absolute atomic E-state index is 0.242. The van der Waals surface area contributed by atoms with E-state index in [-0.39, 0.29) is 5.75 Å². The first-order valence-corrected chi connectivity index (χ1v) is 12.4. The molecule has 32 heavy (non-hydrogen) atoms. The van der Waals surface area contributed by atoms with Crippen molar-refractivity contribution in [2.24, 2.45) is 0 Å². The van der Waals surface area contributed by atoms with Crippen molar-refractivity contribution in [3.05, 3.63) is 95.8 Å². The lowest BCUT2D eigenvalue weighted by atomic mass is 10.1. The molecule has 0 saturated carbocycles. The summed E-state index contributed by atoms with van der Waals surface area (Å²) >= 11 is 0. The Morgan fingerprint density at radius 3 is 2.62 bits per heavy atom. The van der Waals surface area contributed by atoms with Crippen LogP contribution in [0.1, 0.15) is 24.5 Å². The molecule has 5 nitrogen and oxygen atoms in total. The average Bonchev–Trinajstić information content (AvgIpc) is 2.79. The smallest absolute Gasteiger partial charge is 0.265 e. The van der Waals surface area contributed by atoms with E-state index >= 15 is 0 Å². The molecule has 1 aliphatic rings. The maximum absolute atomic E-state index is 11.0. The highest BCUT2D eigenvalue weighted by Crippen LogP contribution is 2.30. The molecule has 0 amide bonds. The fourth-order valence-electron chi connectivity index (χ4n) is 4.09. The number of rotatable bonds is 7. The van der Waals surface area contributed by atoms with Crippen molar-refractivity contribution in [2.45, 2.75) is 19.9 Å². The van der Waals surface area contributed by atoms with E-state index in [1.165, 1.54) is 11.3 Å². The lowest BCUT2D eigenvalue weighted by molar-refractivity contribution is -0.671. The van der Waals surface area contributed by atoms with Crippen LogP contribution < -0.4 is 9.47 Å². The maximum Gasteiger partial charge on any atom is 0.265 e. The van der Waals surface area contributed by atoms with Gasteiger partial charge in [-0.3, -0.25) is 4.55 Å². The molecular weight excluding hydrogens is 420 g/mol. The number of hydrogen-bond acceptors (Lipinski definition) is 3. The van der Waals surface area contributed by atoms with Gasteiger partial charge >= 0.3 is 0 Å². The fourth-order valence-corrected chi connectivity index (χ4v) is 4.59. The Morgan fingerprint density at radius 2 is 1.81 bits per heavy atom. The molecule has 6 heteroatoms. The first kappa shape index (κ1) is 22.0. The van der Waals surface area contributed by atoms with Crippen molar-refractivity contribution in [3.8, 4) is 0 Å². The number of aromatic nitrogens is 1. The lowest BCUT2D eigenvalue weighted by Crippen LogP contribution is -2.35. The van der Waals surface area contributed by atoms with Gasteiger partial charge in [0.2, 0.25) is 5.52 Å². The van der Waals surface area contributed by atoms with Crippen LogP contribution in [0.4, 0.5) is 5.69 Å². The summed E-state index contributed by atoms with van der Waals surface area (Å²) in [4.78, 5) is 2.30. The van der Waals surface area contributed by atoms with E-state index in [0.29, 0.717) is 13.0 Å². The monoisotopic (exact) mass is 447 g/mol. The Balaban J connectivity index is 1.59. The van der Waals surface area contributed by atoms with Gasteiger partial charge in [-0.15, -0.1) is 0 Å². The molecule has 2 heterocycles.